The highest BCUT2D eigenvalue weighted by atomic mass is 32.2. The van der Waals surface area contributed by atoms with Gasteiger partial charge in [-0.25, -0.2) is 8.42 Å². The second-order valence-electron chi connectivity index (χ2n) is 7.97. The Morgan fingerprint density at radius 2 is 1.59 bits per heavy atom. The van der Waals surface area contributed by atoms with Gasteiger partial charge in [0.05, 0.1) is 22.5 Å². The number of nitrogens with one attached hydrogen (secondary N) is 1. The molecule has 8 nitrogen and oxygen atoms in total. The van der Waals surface area contributed by atoms with Crippen molar-refractivity contribution in [3.63, 3.8) is 0 Å². The molecule has 0 radical (unpaired) electrons. The molecule has 1 amide bonds. The number of carbonyl (C=O) groups is 1. The quantitative estimate of drug-likeness (QED) is 0.463. The lowest BCUT2D eigenvalue weighted by Gasteiger charge is -2.19. The van der Waals surface area contributed by atoms with Crippen molar-refractivity contribution >= 4 is 32.4 Å². The van der Waals surface area contributed by atoms with Crippen molar-refractivity contribution in [3.05, 3.63) is 100 Å². The van der Waals surface area contributed by atoms with Gasteiger partial charge in [-0.2, -0.15) is 9.78 Å². The van der Waals surface area contributed by atoms with Crippen LogP contribution in [-0.2, 0) is 16.4 Å². The first-order valence-electron chi connectivity index (χ1n) is 10.9. The third kappa shape index (κ3) is 3.94. The fourth-order valence-corrected chi connectivity index (χ4v) is 5.61. The Balaban J connectivity index is 1.39. The molecule has 1 aromatic heterocycles. The van der Waals surface area contributed by atoms with Crippen molar-refractivity contribution in [1.29, 1.82) is 0 Å². The van der Waals surface area contributed by atoms with Crippen LogP contribution in [0, 0.1) is 0 Å². The molecular weight excluding hydrogens is 452 g/mol. The molecule has 4 aromatic rings. The number of amides is 1. The number of para-hydroxylation sites is 2. The highest BCUT2D eigenvalue weighted by Gasteiger charge is 2.29. The molecule has 0 saturated heterocycles. The molecule has 0 bridgehead atoms. The summed E-state index contributed by atoms with van der Waals surface area (Å²) in [6.45, 7) is 0.310. The first-order chi connectivity index (χ1) is 16.5. The van der Waals surface area contributed by atoms with E-state index in [0.29, 0.717) is 35.1 Å². The van der Waals surface area contributed by atoms with Crippen molar-refractivity contribution < 1.29 is 13.2 Å². The zero-order valence-electron chi connectivity index (χ0n) is 18.2. The molecule has 1 N–H and O–H groups in total. The number of carbonyl (C=O) groups excluding carboxylic acids is 1. The Labute approximate surface area is 196 Å². The summed E-state index contributed by atoms with van der Waals surface area (Å²) >= 11 is 0. The fourth-order valence-electron chi connectivity index (χ4n) is 4.19. The SMILES string of the molecule is O=C(NCCS(=O)(=O)N1CCc2ccccc21)c1nn(-c2ccccc2)c(=O)c2ccccc12. The van der Waals surface area contributed by atoms with Gasteiger partial charge in [0.2, 0.25) is 10.0 Å². The van der Waals surface area contributed by atoms with E-state index in [1.165, 1.54) is 8.99 Å². The van der Waals surface area contributed by atoms with Gasteiger partial charge >= 0.3 is 0 Å². The Morgan fingerprint density at radius 1 is 0.912 bits per heavy atom. The Kier molecular flexibility index (Phi) is 5.62. The number of sulfonamides is 1. The van der Waals surface area contributed by atoms with E-state index in [1.807, 2.05) is 24.3 Å². The van der Waals surface area contributed by atoms with Gasteiger partial charge in [0.25, 0.3) is 11.5 Å². The van der Waals surface area contributed by atoms with E-state index in [9.17, 15) is 18.0 Å². The molecule has 9 heteroatoms. The van der Waals surface area contributed by atoms with Crippen molar-refractivity contribution in [2.24, 2.45) is 0 Å². The summed E-state index contributed by atoms with van der Waals surface area (Å²) in [6, 6.07) is 23.0. The third-order valence-electron chi connectivity index (χ3n) is 5.85. The maximum atomic E-state index is 13.1. The van der Waals surface area contributed by atoms with Crippen LogP contribution in [0.2, 0.25) is 0 Å². The van der Waals surface area contributed by atoms with Gasteiger partial charge in [-0.1, -0.05) is 54.6 Å². The van der Waals surface area contributed by atoms with Crippen LogP contribution in [0.5, 0.6) is 0 Å². The van der Waals surface area contributed by atoms with Crippen molar-refractivity contribution in [1.82, 2.24) is 15.1 Å². The molecule has 0 saturated carbocycles. The maximum absolute atomic E-state index is 13.1. The zero-order valence-corrected chi connectivity index (χ0v) is 19.0. The minimum atomic E-state index is -3.61. The van der Waals surface area contributed by atoms with Crippen LogP contribution < -0.4 is 15.2 Å². The van der Waals surface area contributed by atoms with Crippen molar-refractivity contribution in [2.75, 3.05) is 23.1 Å². The molecule has 0 unspecified atom stereocenters. The number of benzene rings is 3. The van der Waals surface area contributed by atoms with E-state index in [0.717, 1.165) is 5.56 Å². The van der Waals surface area contributed by atoms with E-state index in [4.69, 9.17) is 0 Å². The van der Waals surface area contributed by atoms with E-state index in [-0.39, 0.29) is 23.6 Å². The summed E-state index contributed by atoms with van der Waals surface area (Å²) in [5.41, 5.74) is 1.93. The summed E-state index contributed by atoms with van der Waals surface area (Å²) < 4.78 is 28.4. The molecule has 1 aliphatic heterocycles. The highest BCUT2D eigenvalue weighted by Crippen LogP contribution is 2.29. The molecule has 0 aliphatic carbocycles. The predicted molar refractivity (Wildman–Crippen MR) is 131 cm³/mol. The average molecular weight is 475 g/mol. The number of fused-ring (bicyclic) bond motifs is 2. The van der Waals surface area contributed by atoms with Crippen molar-refractivity contribution in [3.8, 4) is 5.69 Å². The molecular formula is C25H22N4O4S. The monoisotopic (exact) mass is 474 g/mol. The van der Waals surface area contributed by atoms with Crippen LogP contribution in [0.3, 0.4) is 0 Å². The summed E-state index contributed by atoms with van der Waals surface area (Å²) in [6.07, 6.45) is 0.665. The van der Waals surface area contributed by atoms with E-state index in [1.54, 1.807) is 54.6 Å². The summed E-state index contributed by atoms with van der Waals surface area (Å²) in [4.78, 5) is 26.0. The van der Waals surface area contributed by atoms with E-state index in [2.05, 4.69) is 10.4 Å². The summed E-state index contributed by atoms with van der Waals surface area (Å²) in [7, 11) is -3.61. The van der Waals surface area contributed by atoms with Gasteiger partial charge < -0.3 is 5.32 Å². The standard InChI is InChI=1S/C25H22N4O4S/c30-24(26-15-17-34(32,33)28-16-14-18-8-4-7-13-22(18)28)23-20-11-5-6-12-21(20)25(31)29(27-23)19-9-2-1-3-10-19/h1-13H,14-17H2,(H,26,30). The van der Waals surface area contributed by atoms with Crippen LogP contribution in [-0.4, -0.2) is 42.9 Å². The number of anilines is 1. The third-order valence-corrected chi connectivity index (χ3v) is 7.62. The lowest BCUT2D eigenvalue weighted by atomic mass is 10.1. The van der Waals surface area contributed by atoms with Gasteiger partial charge in [-0.15, -0.1) is 0 Å². The van der Waals surface area contributed by atoms with Gasteiger partial charge in [0.15, 0.2) is 5.69 Å². The largest absolute Gasteiger partial charge is 0.350 e. The van der Waals surface area contributed by atoms with Crippen LogP contribution in [0.15, 0.2) is 83.7 Å². The predicted octanol–water partition coefficient (Wildman–Crippen LogP) is 2.51. The van der Waals surface area contributed by atoms with Gasteiger partial charge in [-0.05, 0) is 36.2 Å². The van der Waals surface area contributed by atoms with Crippen LogP contribution in [0.4, 0.5) is 5.69 Å². The second kappa shape index (κ2) is 8.75. The molecule has 2 heterocycles. The summed E-state index contributed by atoms with van der Waals surface area (Å²) in [5.74, 6) is -0.790. The number of nitrogens with zero attached hydrogens (tertiary/aromatic N) is 3. The van der Waals surface area contributed by atoms with Gasteiger partial charge in [0.1, 0.15) is 0 Å². The zero-order chi connectivity index (χ0) is 23.7. The normalized spacial score (nSPS) is 13.1. The fraction of sp³-hybridized carbons (Fsp3) is 0.160. The molecule has 0 atom stereocenters. The molecule has 5 rings (SSSR count). The maximum Gasteiger partial charge on any atom is 0.279 e. The molecule has 0 fully saturated rings. The van der Waals surface area contributed by atoms with Gasteiger partial charge in [-0.3, -0.25) is 13.9 Å². The number of rotatable bonds is 6. The smallest absolute Gasteiger partial charge is 0.279 e. The molecule has 172 valence electrons. The number of aromatic nitrogens is 2. The Morgan fingerprint density at radius 3 is 2.38 bits per heavy atom. The first-order valence-corrected chi connectivity index (χ1v) is 12.5. The van der Waals surface area contributed by atoms with Gasteiger partial charge in [0, 0.05) is 18.5 Å². The minimum Gasteiger partial charge on any atom is -0.350 e. The number of hydrogen-bond donors (Lipinski definition) is 1. The van der Waals surface area contributed by atoms with Crippen LogP contribution in [0.25, 0.3) is 16.5 Å². The highest BCUT2D eigenvalue weighted by molar-refractivity contribution is 7.92. The molecule has 34 heavy (non-hydrogen) atoms. The topological polar surface area (TPSA) is 101 Å². The molecule has 0 spiro atoms. The van der Waals surface area contributed by atoms with E-state index < -0.39 is 15.9 Å². The second-order valence-corrected chi connectivity index (χ2v) is 9.98. The lowest BCUT2D eigenvalue weighted by Crippen LogP contribution is -2.37. The van der Waals surface area contributed by atoms with Crippen LogP contribution in [0.1, 0.15) is 16.1 Å². The lowest BCUT2D eigenvalue weighted by molar-refractivity contribution is 0.0951. The first kappa shape index (κ1) is 21.8. The van der Waals surface area contributed by atoms with Crippen molar-refractivity contribution in [2.45, 2.75) is 6.42 Å². The summed E-state index contributed by atoms with van der Waals surface area (Å²) in [5, 5.41) is 7.76. The van der Waals surface area contributed by atoms with Crippen LogP contribution >= 0.6 is 0 Å². The minimum absolute atomic E-state index is 0.0583. The Bertz CT molecular complexity index is 1550. The average Bonchev–Trinajstić information content (AvgIpc) is 3.30. The number of hydrogen-bond acceptors (Lipinski definition) is 5. The molecule has 3 aromatic carbocycles. The van der Waals surface area contributed by atoms with E-state index >= 15 is 0 Å². The Hall–Kier alpha value is -3.98. The molecule has 1 aliphatic rings.